The van der Waals surface area contributed by atoms with Gasteiger partial charge in [-0.2, -0.15) is 0 Å². The Bertz CT molecular complexity index is 327. The molecule has 0 amide bonds. The molecule has 0 saturated carbocycles. The van der Waals surface area contributed by atoms with E-state index in [1.807, 2.05) is 30.3 Å². The first kappa shape index (κ1) is 9.75. The van der Waals surface area contributed by atoms with Gasteiger partial charge < -0.3 is 4.74 Å². The first-order valence-electron chi connectivity index (χ1n) is 4.90. The number of hydrogen-bond acceptors (Lipinski definition) is 1. The predicted octanol–water partition coefficient (Wildman–Crippen LogP) is 3.53. The van der Waals surface area contributed by atoms with Crippen molar-refractivity contribution in [1.29, 1.82) is 0 Å². The molecule has 74 valence electrons. The van der Waals surface area contributed by atoms with E-state index in [0.29, 0.717) is 0 Å². The van der Waals surface area contributed by atoms with Gasteiger partial charge >= 0.3 is 0 Å². The van der Waals surface area contributed by atoms with Crippen molar-refractivity contribution in [2.75, 3.05) is 6.61 Å². The van der Waals surface area contributed by atoms with Gasteiger partial charge in [0.05, 0.1) is 6.10 Å². The van der Waals surface area contributed by atoms with Crippen LogP contribution in [0, 0.1) is 0 Å². The van der Waals surface area contributed by atoms with Crippen LogP contribution in [0.3, 0.4) is 0 Å². The van der Waals surface area contributed by atoms with Crippen LogP contribution in [-0.4, -0.2) is 12.7 Å². The van der Waals surface area contributed by atoms with Gasteiger partial charge in [0.1, 0.15) is 0 Å². The fourth-order valence-electron chi connectivity index (χ4n) is 1.58. The van der Waals surface area contributed by atoms with Crippen molar-refractivity contribution in [3.63, 3.8) is 0 Å². The minimum absolute atomic E-state index is 0.284. The van der Waals surface area contributed by atoms with Crippen molar-refractivity contribution in [2.24, 2.45) is 0 Å². The molecule has 1 aromatic carbocycles. The Hall–Kier alpha value is -0.790. The van der Waals surface area contributed by atoms with Crippen molar-refractivity contribution >= 4 is 17.7 Å². The van der Waals surface area contributed by atoms with E-state index in [0.717, 1.165) is 30.0 Å². The van der Waals surface area contributed by atoms with Crippen molar-refractivity contribution in [3.8, 4) is 0 Å². The van der Waals surface area contributed by atoms with E-state index in [9.17, 15) is 0 Å². The molecule has 0 radical (unpaired) electrons. The van der Waals surface area contributed by atoms with Gasteiger partial charge in [0.25, 0.3) is 0 Å². The third-order valence-corrected chi connectivity index (χ3v) is 2.70. The summed E-state index contributed by atoms with van der Waals surface area (Å²) in [6.45, 7) is 0.886. The van der Waals surface area contributed by atoms with Crippen LogP contribution in [0.1, 0.15) is 18.4 Å². The summed E-state index contributed by atoms with van der Waals surface area (Å²) in [4.78, 5) is 0. The van der Waals surface area contributed by atoms with Crippen LogP contribution in [0.15, 0.2) is 30.3 Å². The van der Waals surface area contributed by atoms with Gasteiger partial charge in [-0.15, -0.1) is 0 Å². The highest BCUT2D eigenvalue weighted by atomic mass is 35.5. The largest absolute Gasteiger partial charge is 0.374 e. The topological polar surface area (TPSA) is 9.23 Å². The van der Waals surface area contributed by atoms with E-state index in [-0.39, 0.29) is 6.10 Å². The second-order valence-electron chi connectivity index (χ2n) is 3.43. The second kappa shape index (κ2) is 4.63. The van der Waals surface area contributed by atoms with Crippen LogP contribution < -0.4 is 0 Å². The first-order chi connectivity index (χ1) is 6.86. The quantitative estimate of drug-likeness (QED) is 0.723. The average Bonchev–Trinajstić information content (AvgIpc) is 2.69. The maximum atomic E-state index is 6.02. The lowest BCUT2D eigenvalue weighted by atomic mass is 10.1. The summed E-state index contributed by atoms with van der Waals surface area (Å²) in [6.07, 6.45) is 6.71. The van der Waals surface area contributed by atoms with E-state index < -0.39 is 0 Å². The molecule has 0 bridgehead atoms. The average molecular weight is 209 g/mol. The van der Waals surface area contributed by atoms with Crippen molar-refractivity contribution in [3.05, 3.63) is 40.9 Å². The van der Waals surface area contributed by atoms with Gasteiger partial charge in [-0.25, -0.2) is 0 Å². The second-order valence-corrected chi connectivity index (χ2v) is 3.84. The normalized spacial score (nSPS) is 21.9. The van der Waals surface area contributed by atoms with Crippen molar-refractivity contribution in [2.45, 2.75) is 18.9 Å². The maximum Gasteiger partial charge on any atom is 0.0759 e. The molecular formula is C12H13ClO. The molecule has 1 unspecified atom stereocenters. The Labute approximate surface area is 89.3 Å². The van der Waals surface area contributed by atoms with Crippen LogP contribution in [0.5, 0.6) is 0 Å². The molecule has 1 aromatic rings. The number of rotatable bonds is 2. The first-order valence-corrected chi connectivity index (χ1v) is 5.28. The number of benzene rings is 1. The SMILES string of the molecule is Clc1ccccc1/C=C\C1CCCO1. The number of halogens is 1. The highest BCUT2D eigenvalue weighted by Crippen LogP contribution is 2.19. The third kappa shape index (κ3) is 2.37. The van der Waals surface area contributed by atoms with Crippen LogP contribution in [0.25, 0.3) is 6.08 Å². The fourth-order valence-corrected chi connectivity index (χ4v) is 1.77. The highest BCUT2D eigenvalue weighted by molar-refractivity contribution is 6.32. The molecule has 1 atom stereocenters. The summed E-state index contributed by atoms with van der Waals surface area (Å²) in [5, 5.41) is 0.793. The zero-order valence-electron chi connectivity index (χ0n) is 7.95. The van der Waals surface area contributed by atoms with Crippen LogP contribution in [-0.2, 0) is 4.74 Å². The zero-order valence-corrected chi connectivity index (χ0v) is 8.70. The molecule has 0 N–H and O–H groups in total. The van der Waals surface area contributed by atoms with Gasteiger partial charge in [-0.05, 0) is 24.5 Å². The van der Waals surface area contributed by atoms with Gasteiger partial charge in [0.2, 0.25) is 0 Å². The van der Waals surface area contributed by atoms with E-state index in [4.69, 9.17) is 16.3 Å². The molecule has 0 aliphatic carbocycles. The molecule has 1 saturated heterocycles. The van der Waals surface area contributed by atoms with E-state index >= 15 is 0 Å². The molecule has 2 rings (SSSR count). The summed E-state index contributed by atoms with van der Waals surface area (Å²) < 4.78 is 5.48. The fraction of sp³-hybridized carbons (Fsp3) is 0.333. The Balaban J connectivity index is 2.06. The molecule has 0 aromatic heterocycles. The molecule has 1 nitrogen and oxygen atoms in total. The molecule has 2 heteroatoms. The lowest BCUT2D eigenvalue weighted by Crippen LogP contribution is -1.98. The van der Waals surface area contributed by atoms with Crippen LogP contribution >= 0.6 is 11.6 Å². The Morgan fingerprint density at radius 3 is 2.93 bits per heavy atom. The molecule has 1 aliphatic heterocycles. The summed E-state index contributed by atoms with van der Waals surface area (Å²) in [5.74, 6) is 0. The molecule has 1 fully saturated rings. The lowest BCUT2D eigenvalue weighted by molar-refractivity contribution is 0.146. The molecule has 0 spiro atoms. The van der Waals surface area contributed by atoms with Gasteiger partial charge in [0, 0.05) is 11.6 Å². The molecular weight excluding hydrogens is 196 g/mol. The Morgan fingerprint density at radius 1 is 1.36 bits per heavy atom. The van der Waals surface area contributed by atoms with Gasteiger partial charge in [0.15, 0.2) is 0 Å². The van der Waals surface area contributed by atoms with Crippen molar-refractivity contribution in [1.82, 2.24) is 0 Å². The Kier molecular flexibility index (Phi) is 3.22. The standard InChI is InChI=1S/C12H13ClO/c13-12-6-2-1-4-10(12)7-8-11-5-3-9-14-11/h1-2,4,6-8,11H,3,5,9H2/b8-7-. The summed E-state index contributed by atoms with van der Waals surface area (Å²) >= 11 is 6.02. The molecule has 1 aliphatic rings. The minimum atomic E-state index is 0.284. The van der Waals surface area contributed by atoms with Crippen molar-refractivity contribution < 1.29 is 4.74 Å². The van der Waals surface area contributed by atoms with Crippen LogP contribution in [0.4, 0.5) is 0 Å². The Morgan fingerprint density at radius 2 is 2.21 bits per heavy atom. The van der Waals surface area contributed by atoms with E-state index in [1.54, 1.807) is 0 Å². The predicted molar refractivity (Wildman–Crippen MR) is 59.5 cm³/mol. The molecule has 14 heavy (non-hydrogen) atoms. The summed E-state index contributed by atoms with van der Waals surface area (Å²) in [7, 11) is 0. The monoisotopic (exact) mass is 208 g/mol. The third-order valence-electron chi connectivity index (χ3n) is 2.36. The zero-order chi connectivity index (χ0) is 9.80. The van der Waals surface area contributed by atoms with E-state index in [2.05, 4.69) is 6.08 Å². The number of ether oxygens (including phenoxy) is 1. The van der Waals surface area contributed by atoms with Gasteiger partial charge in [-0.3, -0.25) is 0 Å². The molecule has 1 heterocycles. The maximum absolute atomic E-state index is 6.02. The lowest BCUT2D eigenvalue weighted by Gasteiger charge is -2.02. The summed E-state index contributed by atoms with van der Waals surface area (Å²) in [6, 6.07) is 7.83. The summed E-state index contributed by atoms with van der Waals surface area (Å²) in [5.41, 5.74) is 1.06. The van der Waals surface area contributed by atoms with Gasteiger partial charge in [-0.1, -0.05) is 42.0 Å². The van der Waals surface area contributed by atoms with E-state index in [1.165, 1.54) is 0 Å². The number of hydrogen-bond donors (Lipinski definition) is 0. The smallest absolute Gasteiger partial charge is 0.0759 e. The minimum Gasteiger partial charge on any atom is -0.374 e. The van der Waals surface area contributed by atoms with Crippen LogP contribution in [0.2, 0.25) is 5.02 Å². The highest BCUT2D eigenvalue weighted by Gasteiger charge is 2.11.